The van der Waals surface area contributed by atoms with Gasteiger partial charge in [0.2, 0.25) is 0 Å². The lowest BCUT2D eigenvalue weighted by molar-refractivity contribution is -0.137. The SMILES string of the molecule is O=C(O)CCn1cc(C(=O)N2CCN(Cc3c(Cl)cccc3Cl)CC2)cn1. The van der Waals surface area contributed by atoms with Crippen LogP contribution in [0.2, 0.25) is 10.0 Å². The van der Waals surface area contributed by atoms with E-state index in [0.29, 0.717) is 35.2 Å². The van der Waals surface area contributed by atoms with Crippen LogP contribution in [0.1, 0.15) is 22.3 Å². The second kappa shape index (κ2) is 8.73. The Morgan fingerprint density at radius 3 is 2.41 bits per heavy atom. The molecule has 0 unspecified atom stereocenters. The van der Waals surface area contributed by atoms with Gasteiger partial charge < -0.3 is 10.0 Å². The number of aliphatic carboxylic acids is 1. The summed E-state index contributed by atoms with van der Waals surface area (Å²) in [7, 11) is 0. The number of carboxylic acid groups (broad SMARTS) is 1. The van der Waals surface area contributed by atoms with E-state index >= 15 is 0 Å². The molecule has 1 N–H and O–H groups in total. The molecule has 1 amide bonds. The van der Waals surface area contributed by atoms with Crippen molar-refractivity contribution in [1.29, 1.82) is 0 Å². The van der Waals surface area contributed by atoms with Crippen LogP contribution in [0.25, 0.3) is 0 Å². The van der Waals surface area contributed by atoms with E-state index in [2.05, 4.69) is 10.00 Å². The van der Waals surface area contributed by atoms with E-state index in [1.165, 1.54) is 10.9 Å². The standard InChI is InChI=1S/C18H20Cl2N4O3/c19-15-2-1-3-16(20)14(15)12-22-6-8-23(9-7-22)18(27)13-10-21-24(11-13)5-4-17(25)26/h1-3,10-11H,4-9,12H2,(H,25,26). The number of hydrogen-bond donors (Lipinski definition) is 1. The van der Waals surface area contributed by atoms with Crippen LogP contribution in [0.3, 0.4) is 0 Å². The molecule has 2 heterocycles. The van der Waals surface area contributed by atoms with Crippen molar-refractivity contribution in [1.82, 2.24) is 19.6 Å². The summed E-state index contributed by atoms with van der Waals surface area (Å²) in [5, 5.41) is 14.1. The summed E-state index contributed by atoms with van der Waals surface area (Å²) in [5.74, 6) is -0.986. The van der Waals surface area contributed by atoms with E-state index in [-0.39, 0.29) is 18.9 Å². The summed E-state index contributed by atoms with van der Waals surface area (Å²) in [6.07, 6.45) is 3.06. The minimum absolute atomic E-state index is 0.0292. The number of hydrogen-bond acceptors (Lipinski definition) is 4. The van der Waals surface area contributed by atoms with Crippen LogP contribution in [0.4, 0.5) is 0 Å². The highest BCUT2D eigenvalue weighted by Crippen LogP contribution is 2.26. The van der Waals surface area contributed by atoms with Crippen LogP contribution < -0.4 is 0 Å². The highest BCUT2D eigenvalue weighted by molar-refractivity contribution is 6.35. The van der Waals surface area contributed by atoms with Gasteiger partial charge in [-0.05, 0) is 12.1 Å². The van der Waals surface area contributed by atoms with Crippen LogP contribution in [0.5, 0.6) is 0 Å². The summed E-state index contributed by atoms with van der Waals surface area (Å²) in [5.41, 5.74) is 1.38. The van der Waals surface area contributed by atoms with E-state index in [1.807, 2.05) is 18.2 Å². The van der Waals surface area contributed by atoms with Crippen LogP contribution >= 0.6 is 23.2 Å². The van der Waals surface area contributed by atoms with Gasteiger partial charge in [0.25, 0.3) is 5.91 Å². The van der Waals surface area contributed by atoms with Gasteiger partial charge >= 0.3 is 5.97 Å². The lowest BCUT2D eigenvalue weighted by Crippen LogP contribution is -2.48. The number of amides is 1. The number of carboxylic acids is 1. The Bertz CT molecular complexity index is 812. The number of rotatable bonds is 6. The second-order valence-electron chi connectivity index (χ2n) is 6.40. The van der Waals surface area contributed by atoms with E-state index < -0.39 is 5.97 Å². The molecule has 1 fully saturated rings. The maximum absolute atomic E-state index is 12.6. The zero-order valence-electron chi connectivity index (χ0n) is 14.6. The number of carbonyl (C=O) groups excluding carboxylic acids is 1. The summed E-state index contributed by atoms with van der Waals surface area (Å²) in [6, 6.07) is 5.47. The fourth-order valence-corrected chi connectivity index (χ4v) is 3.52. The zero-order valence-corrected chi connectivity index (χ0v) is 16.2. The zero-order chi connectivity index (χ0) is 19.4. The number of benzene rings is 1. The molecule has 1 aliphatic rings. The number of carbonyl (C=O) groups is 2. The van der Waals surface area contributed by atoms with Crippen molar-refractivity contribution >= 4 is 35.1 Å². The largest absolute Gasteiger partial charge is 0.481 e. The molecule has 0 bridgehead atoms. The van der Waals surface area contributed by atoms with E-state index in [0.717, 1.165) is 18.7 Å². The predicted molar refractivity (Wildman–Crippen MR) is 102 cm³/mol. The molecule has 7 nitrogen and oxygen atoms in total. The quantitative estimate of drug-likeness (QED) is 0.791. The molecule has 0 spiro atoms. The molecule has 9 heteroatoms. The van der Waals surface area contributed by atoms with Gasteiger partial charge in [-0.1, -0.05) is 29.3 Å². The number of halogens is 2. The molecule has 0 aliphatic carbocycles. The minimum atomic E-state index is -0.895. The number of aryl methyl sites for hydroxylation is 1. The molecule has 1 aromatic carbocycles. The van der Waals surface area contributed by atoms with Gasteiger partial charge in [-0.3, -0.25) is 19.2 Å². The van der Waals surface area contributed by atoms with Crippen molar-refractivity contribution in [3.05, 3.63) is 51.8 Å². The average molecular weight is 411 g/mol. The van der Waals surface area contributed by atoms with Gasteiger partial charge in [-0.15, -0.1) is 0 Å². The van der Waals surface area contributed by atoms with Crippen molar-refractivity contribution in [3.63, 3.8) is 0 Å². The highest BCUT2D eigenvalue weighted by Gasteiger charge is 2.24. The van der Waals surface area contributed by atoms with Gasteiger partial charge in [0.1, 0.15) is 0 Å². The number of nitrogens with zero attached hydrogens (tertiary/aromatic N) is 4. The molecular formula is C18H20Cl2N4O3. The third kappa shape index (κ3) is 5.00. The van der Waals surface area contributed by atoms with Gasteiger partial charge in [0.05, 0.1) is 24.7 Å². The average Bonchev–Trinajstić information content (AvgIpc) is 3.12. The molecule has 2 aromatic rings. The Kier molecular flexibility index (Phi) is 6.36. The molecule has 1 aromatic heterocycles. The molecule has 3 rings (SSSR count). The van der Waals surface area contributed by atoms with Gasteiger partial charge in [0.15, 0.2) is 0 Å². The van der Waals surface area contributed by atoms with Crippen molar-refractivity contribution in [3.8, 4) is 0 Å². The molecular weight excluding hydrogens is 391 g/mol. The molecule has 1 saturated heterocycles. The van der Waals surface area contributed by atoms with Gasteiger partial charge in [-0.2, -0.15) is 5.10 Å². The second-order valence-corrected chi connectivity index (χ2v) is 7.22. The normalized spacial score (nSPS) is 15.1. The Labute approximate surface area is 167 Å². The van der Waals surface area contributed by atoms with Crippen LogP contribution in [-0.2, 0) is 17.9 Å². The lowest BCUT2D eigenvalue weighted by Gasteiger charge is -2.34. The van der Waals surface area contributed by atoms with Crippen molar-refractivity contribution < 1.29 is 14.7 Å². The molecule has 1 aliphatic heterocycles. The molecule has 0 radical (unpaired) electrons. The lowest BCUT2D eigenvalue weighted by atomic mass is 10.2. The fourth-order valence-electron chi connectivity index (χ4n) is 3.01. The summed E-state index contributed by atoms with van der Waals surface area (Å²) in [6.45, 7) is 3.53. The van der Waals surface area contributed by atoms with Crippen molar-refractivity contribution in [2.24, 2.45) is 0 Å². The van der Waals surface area contributed by atoms with Gasteiger partial charge in [-0.25, -0.2) is 0 Å². The first-order valence-electron chi connectivity index (χ1n) is 8.63. The first-order chi connectivity index (χ1) is 12.9. The number of piperazine rings is 1. The smallest absolute Gasteiger partial charge is 0.305 e. The van der Waals surface area contributed by atoms with Crippen molar-refractivity contribution in [2.45, 2.75) is 19.5 Å². The minimum Gasteiger partial charge on any atom is -0.481 e. The highest BCUT2D eigenvalue weighted by atomic mass is 35.5. The first kappa shape index (κ1) is 19.7. The Morgan fingerprint density at radius 2 is 1.78 bits per heavy atom. The Hall–Kier alpha value is -2.09. The molecule has 0 saturated carbocycles. The maximum Gasteiger partial charge on any atom is 0.305 e. The topological polar surface area (TPSA) is 78.7 Å². The fraction of sp³-hybridized carbons (Fsp3) is 0.389. The first-order valence-corrected chi connectivity index (χ1v) is 9.38. The van der Waals surface area contributed by atoms with Crippen LogP contribution in [0.15, 0.2) is 30.6 Å². The third-order valence-electron chi connectivity index (χ3n) is 4.54. The third-order valence-corrected chi connectivity index (χ3v) is 5.25. The Morgan fingerprint density at radius 1 is 1.11 bits per heavy atom. The Balaban J connectivity index is 1.54. The summed E-state index contributed by atoms with van der Waals surface area (Å²) in [4.78, 5) is 27.2. The van der Waals surface area contributed by atoms with Crippen molar-refractivity contribution in [2.75, 3.05) is 26.2 Å². The van der Waals surface area contributed by atoms with E-state index in [4.69, 9.17) is 28.3 Å². The summed E-state index contributed by atoms with van der Waals surface area (Å²) < 4.78 is 1.48. The molecule has 27 heavy (non-hydrogen) atoms. The maximum atomic E-state index is 12.6. The molecule has 144 valence electrons. The van der Waals surface area contributed by atoms with Crippen LogP contribution in [-0.4, -0.2) is 62.7 Å². The van der Waals surface area contributed by atoms with E-state index in [1.54, 1.807) is 11.1 Å². The number of aromatic nitrogens is 2. The van der Waals surface area contributed by atoms with E-state index in [9.17, 15) is 9.59 Å². The molecule has 0 atom stereocenters. The van der Waals surface area contributed by atoms with Gasteiger partial charge in [0, 0.05) is 54.5 Å². The summed E-state index contributed by atoms with van der Waals surface area (Å²) >= 11 is 12.5. The predicted octanol–water partition coefficient (Wildman–Crippen LogP) is 2.62. The van der Waals surface area contributed by atoms with Crippen LogP contribution in [0, 0.1) is 0 Å². The monoisotopic (exact) mass is 410 g/mol.